The van der Waals surface area contributed by atoms with Crippen LogP contribution in [0.1, 0.15) is 17.5 Å². The summed E-state index contributed by atoms with van der Waals surface area (Å²) in [6.07, 6.45) is -0.562. The van der Waals surface area contributed by atoms with E-state index in [9.17, 15) is 19.8 Å². The smallest absolute Gasteiger partial charge is 0.348 e. The summed E-state index contributed by atoms with van der Waals surface area (Å²) in [6, 6.07) is 9.43. The zero-order valence-electron chi connectivity index (χ0n) is 20.8. The summed E-state index contributed by atoms with van der Waals surface area (Å²) in [6.45, 7) is -0.0859. The van der Waals surface area contributed by atoms with Crippen LogP contribution in [-0.2, 0) is 32.0 Å². The number of aliphatic carboxylic acids is 2. The van der Waals surface area contributed by atoms with Gasteiger partial charge >= 0.3 is 11.9 Å². The molecule has 0 spiro atoms. The summed E-state index contributed by atoms with van der Waals surface area (Å²) in [4.78, 5) is 33.5. The molecule has 2 atom stereocenters. The van der Waals surface area contributed by atoms with Gasteiger partial charge in [-0.3, -0.25) is 4.68 Å². The first kappa shape index (κ1) is 28.0. The first-order valence-electron chi connectivity index (χ1n) is 11.8. The molecule has 4 rings (SSSR count). The molecular weight excluding hydrogens is 537 g/mol. The van der Waals surface area contributed by atoms with Gasteiger partial charge in [-0.15, -0.1) is 0 Å². The maximum Gasteiger partial charge on any atom is 0.348 e. The van der Waals surface area contributed by atoms with E-state index in [1.807, 2.05) is 30.3 Å². The number of hydrogen-bond acceptors (Lipinski definition) is 10. The minimum Gasteiger partial charge on any atom is -0.479 e. The second-order valence-corrected chi connectivity index (χ2v) is 9.20. The van der Waals surface area contributed by atoms with Crippen LogP contribution in [0.3, 0.4) is 0 Å². The average molecular weight is 564 g/mol. The number of alkyl halides is 1. The SMILES string of the molecule is COC(COC(Cc1cnn(Cc2ccccc2)c1)(C(=O)O)C(=O)O)CC(F)N1CNc2c(N)nc(Cl)nc21. The third kappa shape index (κ3) is 6.19. The first-order chi connectivity index (χ1) is 18.6. The fourth-order valence-electron chi connectivity index (χ4n) is 4.16. The van der Waals surface area contributed by atoms with Crippen LogP contribution in [0.4, 0.5) is 21.7 Å². The molecule has 1 aliphatic rings. The van der Waals surface area contributed by atoms with E-state index in [1.165, 1.54) is 18.2 Å². The number of fused-ring (bicyclic) bond motifs is 1. The maximum absolute atomic E-state index is 15.3. The van der Waals surface area contributed by atoms with Crippen LogP contribution in [0.15, 0.2) is 42.7 Å². The minimum absolute atomic E-state index is 0.0220. The number of carboxylic acid groups (broad SMARTS) is 2. The summed E-state index contributed by atoms with van der Waals surface area (Å²) in [5, 5.41) is 26.7. The van der Waals surface area contributed by atoms with E-state index in [1.54, 1.807) is 10.9 Å². The molecule has 0 saturated heterocycles. The Kier molecular flexibility index (Phi) is 8.47. The fourth-order valence-corrected chi connectivity index (χ4v) is 4.33. The van der Waals surface area contributed by atoms with Gasteiger partial charge in [-0.1, -0.05) is 30.3 Å². The summed E-state index contributed by atoms with van der Waals surface area (Å²) < 4.78 is 27.7. The van der Waals surface area contributed by atoms with Crippen LogP contribution in [0.2, 0.25) is 5.28 Å². The molecule has 5 N–H and O–H groups in total. The van der Waals surface area contributed by atoms with E-state index < -0.39 is 43.0 Å². The van der Waals surface area contributed by atoms with E-state index in [0.29, 0.717) is 17.8 Å². The molecular formula is C24H27ClFN7O6. The van der Waals surface area contributed by atoms with Crippen LogP contribution in [-0.4, -0.2) is 80.3 Å². The Bertz CT molecular complexity index is 1310. The topological polar surface area (TPSA) is 178 Å². The third-order valence-electron chi connectivity index (χ3n) is 6.25. The Hall–Kier alpha value is -4.01. The maximum atomic E-state index is 15.3. The highest BCUT2D eigenvalue weighted by Gasteiger charge is 2.49. The van der Waals surface area contributed by atoms with Crippen LogP contribution in [0, 0.1) is 0 Å². The number of nitrogens with two attached hydrogens (primary N) is 1. The summed E-state index contributed by atoms with van der Waals surface area (Å²) >= 11 is 5.86. The Morgan fingerprint density at radius 1 is 1.23 bits per heavy atom. The summed E-state index contributed by atoms with van der Waals surface area (Å²) in [5.74, 6) is -3.20. The molecule has 0 fully saturated rings. The molecule has 2 aromatic heterocycles. The molecule has 0 aliphatic carbocycles. The number of hydrogen-bond donors (Lipinski definition) is 4. The Morgan fingerprint density at radius 3 is 2.62 bits per heavy atom. The number of carboxylic acids is 2. The minimum atomic E-state index is -2.65. The van der Waals surface area contributed by atoms with Crippen molar-refractivity contribution in [2.45, 2.75) is 37.4 Å². The van der Waals surface area contributed by atoms with Gasteiger partial charge in [-0.25, -0.2) is 14.0 Å². The number of nitrogens with one attached hydrogen (secondary N) is 1. The lowest BCUT2D eigenvalue weighted by molar-refractivity contribution is -0.187. The number of methoxy groups -OCH3 is 1. The van der Waals surface area contributed by atoms with E-state index in [2.05, 4.69) is 20.4 Å². The molecule has 3 aromatic rings. The van der Waals surface area contributed by atoms with Crippen molar-refractivity contribution in [1.29, 1.82) is 0 Å². The Morgan fingerprint density at radius 2 is 1.95 bits per heavy atom. The number of carbonyl (C=O) groups is 2. The van der Waals surface area contributed by atoms with Gasteiger partial charge in [0.25, 0.3) is 5.60 Å². The van der Waals surface area contributed by atoms with Crippen LogP contribution in [0.5, 0.6) is 0 Å². The van der Waals surface area contributed by atoms with E-state index >= 15 is 4.39 Å². The molecule has 0 bridgehead atoms. The second kappa shape index (κ2) is 11.8. The van der Waals surface area contributed by atoms with Gasteiger partial charge in [-0.05, 0) is 22.7 Å². The standard InChI is InChI=1S/C24H27ClFN7O6/c1-38-16(7-17(26)33-13-28-18-19(27)30-23(25)31-20(18)33)12-39-24(21(34)35,22(36)37)8-15-9-29-32(11-15)10-14-5-3-2-4-6-14/h2-6,9,11,16-17,28H,7-8,10,12-13H2,1H3,(H,34,35)(H,36,37)(H2,27,30,31). The van der Waals surface area contributed by atoms with Gasteiger partial charge in [-0.2, -0.15) is 15.1 Å². The molecule has 0 saturated carbocycles. The highest BCUT2D eigenvalue weighted by atomic mass is 35.5. The van der Waals surface area contributed by atoms with Gasteiger partial charge in [0, 0.05) is 26.1 Å². The van der Waals surface area contributed by atoms with Gasteiger partial charge in [0.15, 0.2) is 17.9 Å². The largest absolute Gasteiger partial charge is 0.479 e. The van der Waals surface area contributed by atoms with E-state index in [0.717, 1.165) is 5.56 Å². The average Bonchev–Trinajstić information content (AvgIpc) is 3.52. The number of nitrogen functional groups attached to an aromatic ring is 1. The van der Waals surface area contributed by atoms with E-state index in [-0.39, 0.29) is 30.0 Å². The number of benzene rings is 1. The zero-order chi connectivity index (χ0) is 28.2. The van der Waals surface area contributed by atoms with Crippen molar-refractivity contribution in [3.05, 3.63) is 59.1 Å². The molecule has 1 aromatic carbocycles. The Balaban J connectivity index is 1.44. The lowest BCUT2D eigenvalue weighted by Crippen LogP contribution is -2.52. The van der Waals surface area contributed by atoms with E-state index in [4.69, 9.17) is 26.8 Å². The van der Waals surface area contributed by atoms with Crippen molar-refractivity contribution in [2.24, 2.45) is 0 Å². The van der Waals surface area contributed by atoms with Crippen LogP contribution < -0.4 is 16.0 Å². The Labute approximate surface area is 227 Å². The van der Waals surface area contributed by atoms with Gasteiger partial charge in [0.2, 0.25) is 5.28 Å². The predicted octanol–water partition coefficient (Wildman–Crippen LogP) is 2.01. The monoisotopic (exact) mass is 563 g/mol. The molecule has 15 heteroatoms. The number of rotatable bonds is 13. The van der Waals surface area contributed by atoms with Crippen LogP contribution in [0.25, 0.3) is 0 Å². The fraction of sp³-hybridized carbons (Fsp3) is 0.375. The molecule has 3 heterocycles. The van der Waals surface area contributed by atoms with Crippen molar-refractivity contribution in [3.63, 3.8) is 0 Å². The van der Waals surface area contributed by atoms with Crippen molar-refractivity contribution < 1.29 is 33.7 Å². The number of aromatic nitrogens is 4. The summed E-state index contributed by atoms with van der Waals surface area (Å²) in [7, 11) is 1.28. The van der Waals surface area contributed by atoms with Crippen LogP contribution >= 0.6 is 11.6 Å². The quantitative estimate of drug-likeness (QED) is 0.135. The highest BCUT2D eigenvalue weighted by molar-refractivity contribution is 6.28. The lowest BCUT2D eigenvalue weighted by atomic mass is 9.96. The number of anilines is 3. The number of halogens is 2. The zero-order valence-corrected chi connectivity index (χ0v) is 21.6. The normalized spacial score (nSPS) is 14.5. The third-order valence-corrected chi connectivity index (χ3v) is 6.42. The molecule has 1 aliphatic heterocycles. The highest BCUT2D eigenvalue weighted by Crippen LogP contribution is 2.36. The molecule has 0 amide bonds. The van der Waals surface area contributed by atoms with Crippen molar-refractivity contribution in [3.8, 4) is 0 Å². The number of nitrogens with zero attached hydrogens (tertiary/aromatic N) is 5. The molecule has 0 radical (unpaired) electrons. The lowest BCUT2D eigenvalue weighted by Gasteiger charge is -2.29. The van der Waals surface area contributed by atoms with Gasteiger partial charge in [0.1, 0.15) is 5.69 Å². The predicted molar refractivity (Wildman–Crippen MR) is 138 cm³/mol. The van der Waals surface area contributed by atoms with Gasteiger partial charge < -0.3 is 35.6 Å². The van der Waals surface area contributed by atoms with Crippen molar-refractivity contribution in [2.75, 3.05) is 36.3 Å². The van der Waals surface area contributed by atoms with Crippen molar-refractivity contribution in [1.82, 2.24) is 19.7 Å². The molecule has 39 heavy (non-hydrogen) atoms. The molecule has 13 nitrogen and oxygen atoms in total. The summed E-state index contributed by atoms with van der Waals surface area (Å²) in [5.41, 5.74) is 4.78. The first-order valence-corrected chi connectivity index (χ1v) is 12.2. The second-order valence-electron chi connectivity index (χ2n) is 8.87. The van der Waals surface area contributed by atoms with Crippen molar-refractivity contribution >= 4 is 40.9 Å². The molecule has 208 valence electrons. The molecule has 2 unspecified atom stereocenters. The van der Waals surface area contributed by atoms with Gasteiger partial charge in [0.05, 0.1) is 32.1 Å². The number of ether oxygens (including phenoxy) is 2.